The highest BCUT2D eigenvalue weighted by Gasteiger charge is 2.18. The normalized spacial score (nSPS) is 10.4. The van der Waals surface area contributed by atoms with Crippen molar-refractivity contribution in [2.75, 3.05) is 20.7 Å². The van der Waals surface area contributed by atoms with Crippen molar-refractivity contribution in [2.24, 2.45) is 5.73 Å². The standard InChI is InChI=1S/C8H12O6.C4H9N3O2/c1-5(8(12)13-2)14-7(11)4-3-6(9)10;1-7(4(5)6)2-3(8)9/h5H,3-4H2,1-2H3,(H,9,10);2H2,1H3,(H3,5,6)(H,8,9). The van der Waals surface area contributed by atoms with Crippen LogP contribution in [0.15, 0.2) is 0 Å². The first-order valence-corrected chi connectivity index (χ1v) is 6.27. The maximum Gasteiger partial charge on any atom is 0.346 e. The van der Waals surface area contributed by atoms with Crippen molar-refractivity contribution in [1.29, 1.82) is 5.41 Å². The molecule has 0 spiro atoms. The molecule has 1 atom stereocenters. The summed E-state index contributed by atoms with van der Waals surface area (Å²) in [7, 11) is 2.61. The number of hydrogen-bond donors (Lipinski definition) is 4. The number of carbonyl (C=O) groups excluding carboxylic acids is 2. The van der Waals surface area contributed by atoms with Crippen molar-refractivity contribution < 1.29 is 38.9 Å². The number of carboxylic acids is 2. The summed E-state index contributed by atoms with van der Waals surface area (Å²) in [4.78, 5) is 42.8. The Bertz CT molecular complexity index is 452. The fraction of sp³-hybridized carbons (Fsp3) is 0.583. The van der Waals surface area contributed by atoms with E-state index in [-0.39, 0.29) is 25.3 Å². The molecular formula is C12H21N3O8. The number of likely N-dealkylation sites (N-methyl/N-ethyl adjacent to an activating group) is 1. The number of aliphatic carboxylic acids is 2. The summed E-state index contributed by atoms with van der Waals surface area (Å²) in [6.45, 7) is 1.12. The van der Waals surface area contributed by atoms with Crippen LogP contribution in [-0.4, -0.2) is 71.8 Å². The van der Waals surface area contributed by atoms with E-state index in [4.69, 9.17) is 21.4 Å². The molecule has 0 aliphatic heterocycles. The van der Waals surface area contributed by atoms with E-state index in [1.165, 1.54) is 21.1 Å². The lowest BCUT2D eigenvalue weighted by Crippen LogP contribution is -2.36. The van der Waals surface area contributed by atoms with Crippen LogP contribution in [-0.2, 0) is 28.7 Å². The van der Waals surface area contributed by atoms with Crippen molar-refractivity contribution in [2.45, 2.75) is 25.9 Å². The van der Waals surface area contributed by atoms with Gasteiger partial charge in [0.2, 0.25) is 0 Å². The SMILES string of the molecule is CN(CC(=O)O)C(=N)N.COC(=O)C(C)OC(=O)CCC(=O)O. The van der Waals surface area contributed by atoms with Crippen LogP contribution >= 0.6 is 0 Å². The van der Waals surface area contributed by atoms with Gasteiger partial charge in [0, 0.05) is 7.05 Å². The summed E-state index contributed by atoms with van der Waals surface area (Å²) < 4.78 is 8.88. The third kappa shape index (κ3) is 13.9. The number of nitrogens with zero attached hydrogens (tertiary/aromatic N) is 1. The average molecular weight is 335 g/mol. The molecule has 0 aliphatic rings. The van der Waals surface area contributed by atoms with E-state index in [2.05, 4.69) is 9.47 Å². The maximum absolute atomic E-state index is 10.9. The highest BCUT2D eigenvalue weighted by molar-refractivity contribution is 5.81. The topological polar surface area (TPSA) is 180 Å². The number of guanidine groups is 1. The minimum atomic E-state index is -1.09. The summed E-state index contributed by atoms with van der Waals surface area (Å²) >= 11 is 0. The summed E-state index contributed by atoms with van der Waals surface area (Å²) in [6.07, 6.45) is -1.56. The van der Waals surface area contributed by atoms with Gasteiger partial charge in [-0.15, -0.1) is 0 Å². The van der Waals surface area contributed by atoms with Gasteiger partial charge in [-0.3, -0.25) is 19.8 Å². The lowest BCUT2D eigenvalue weighted by Gasteiger charge is -2.12. The molecule has 11 nitrogen and oxygen atoms in total. The zero-order valence-corrected chi connectivity index (χ0v) is 13.1. The molecule has 0 fully saturated rings. The number of carboxylic acid groups (broad SMARTS) is 2. The van der Waals surface area contributed by atoms with E-state index in [0.717, 1.165) is 4.90 Å². The zero-order chi connectivity index (χ0) is 18.6. The average Bonchev–Trinajstić information content (AvgIpc) is 2.43. The molecule has 0 aromatic heterocycles. The Hall–Kier alpha value is -2.85. The number of nitrogens with two attached hydrogens (primary N) is 1. The highest BCUT2D eigenvalue weighted by atomic mass is 16.6. The highest BCUT2D eigenvalue weighted by Crippen LogP contribution is 1.99. The quantitative estimate of drug-likeness (QED) is 0.252. The van der Waals surface area contributed by atoms with Crippen LogP contribution < -0.4 is 5.73 Å². The Kier molecular flexibility index (Phi) is 11.5. The van der Waals surface area contributed by atoms with Crippen molar-refractivity contribution in [3.63, 3.8) is 0 Å². The van der Waals surface area contributed by atoms with Gasteiger partial charge in [-0.1, -0.05) is 0 Å². The predicted octanol–water partition coefficient (Wildman–Crippen LogP) is -1.15. The van der Waals surface area contributed by atoms with Gasteiger partial charge >= 0.3 is 23.9 Å². The maximum atomic E-state index is 10.9. The molecule has 1 unspecified atom stereocenters. The largest absolute Gasteiger partial charge is 0.481 e. The molecule has 0 saturated carbocycles. The lowest BCUT2D eigenvalue weighted by molar-refractivity contribution is -0.165. The van der Waals surface area contributed by atoms with Gasteiger partial charge in [-0.2, -0.15) is 0 Å². The molecule has 0 heterocycles. The molecule has 23 heavy (non-hydrogen) atoms. The number of ether oxygens (including phenoxy) is 2. The second-order valence-corrected chi connectivity index (χ2v) is 4.18. The Labute approximate surface area is 132 Å². The van der Waals surface area contributed by atoms with E-state index >= 15 is 0 Å². The predicted molar refractivity (Wildman–Crippen MR) is 76.6 cm³/mol. The first kappa shape index (κ1) is 22.4. The van der Waals surface area contributed by atoms with Crippen molar-refractivity contribution in [1.82, 2.24) is 4.90 Å². The molecule has 0 rings (SSSR count). The van der Waals surface area contributed by atoms with Gasteiger partial charge in [-0.05, 0) is 6.92 Å². The van der Waals surface area contributed by atoms with Gasteiger partial charge in [-0.25, -0.2) is 4.79 Å². The van der Waals surface area contributed by atoms with Gasteiger partial charge in [0.1, 0.15) is 6.54 Å². The van der Waals surface area contributed by atoms with Gasteiger partial charge in [0.05, 0.1) is 20.0 Å². The summed E-state index contributed by atoms with van der Waals surface area (Å²) in [5, 5.41) is 23.1. The minimum absolute atomic E-state index is 0.227. The Morgan fingerprint density at radius 1 is 1.17 bits per heavy atom. The molecule has 11 heteroatoms. The fourth-order valence-electron chi connectivity index (χ4n) is 0.967. The molecule has 0 aliphatic carbocycles. The first-order valence-electron chi connectivity index (χ1n) is 6.27. The molecule has 5 N–H and O–H groups in total. The van der Waals surface area contributed by atoms with Crippen molar-refractivity contribution in [3.8, 4) is 0 Å². The van der Waals surface area contributed by atoms with Crippen LogP contribution in [0.5, 0.6) is 0 Å². The number of carbonyl (C=O) groups is 4. The molecule has 132 valence electrons. The minimum Gasteiger partial charge on any atom is -0.481 e. The number of methoxy groups -OCH3 is 1. The smallest absolute Gasteiger partial charge is 0.346 e. The van der Waals surface area contributed by atoms with E-state index in [1.54, 1.807) is 0 Å². The molecular weight excluding hydrogens is 314 g/mol. The van der Waals surface area contributed by atoms with Crippen LogP contribution in [0.1, 0.15) is 19.8 Å². The molecule has 0 bridgehead atoms. The summed E-state index contributed by atoms with van der Waals surface area (Å²) in [5.41, 5.74) is 4.93. The summed E-state index contributed by atoms with van der Waals surface area (Å²) in [6, 6.07) is 0. The van der Waals surface area contributed by atoms with Crippen LogP contribution in [0.4, 0.5) is 0 Å². The first-order chi connectivity index (χ1) is 10.5. The Morgan fingerprint density at radius 3 is 2.00 bits per heavy atom. The third-order valence-electron chi connectivity index (χ3n) is 2.17. The Balaban J connectivity index is 0. The third-order valence-corrected chi connectivity index (χ3v) is 2.17. The second-order valence-electron chi connectivity index (χ2n) is 4.18. The number of rotatable bonds is 7. The number of esters is 2. The van der Waals surface area contributed by atoms with Crippen LogP contribution in [0.2, 0.25) is 0 Å². The van der Waals surface area contributed by atoms with E-state index < -0.39 is 30.0 Å². The lowest BCUT2D eigenvalue weighted by atomic mass is 10.3. The van der Waals surface area contributed by atoms with Crippen LogP contribution in [0, 0.1) is 5.41 Å². The number of hydrogen-bond acceptors (Lipinski definition) is 7. The summed E-state index contributed by atoms with van der Waals surface area (Å²) in [5.74, 6) is -3.73. The van der Waals surface area contributed by atoms with Crippen LogP contribution in [0.25, 0.3) is 0 Å². The van der Waals surface area contributed by atoms with E-state index in [1.807, 2.05) is 0 Å². The molecule has 0 aromatic carbocycles. The molecule has 0 radical (unpaired) electrons. The monoisotopic (exact) mass is 335 g/mol. The van der Waals surface area contributed by atoms with E-state index in [9.17, 15) is 19.2 Å². The molecule has 0 amide bonds. The van der Waals surface area contributed by atoms with Gasteiger partial charge in [0.25, 0.3) is 0 Å². The Morgan fingerprint density at radius 2 is 1.70 bits per heavy atom. The van der Waals surface area contributed by atoms with Gasteiger partial charge < -0.3 is 30.3 Å². The molecule has 0 saturated heterocycles. The molecule has 0 aromatic rings. The fourth-order valence-corrected chi connectivity index (χ4v) is 0.967. The van der Waals surface area contributed by atoms with E-state index in [0.29, 0.717) is 0 Å². The van der Waals surface area contributed by atoms with Crippen molar-refractivity contribution in [3.05, 3.63) is 0 Å². The number of nitrogens with one attached hydrogen (secondary N) is 1. The second kappa shape index (κ2) is 11.8. The van der Waals surface area contributed by atoms with Crippen LogP contribution in [0.3, 0.4) is 0 Å². The van der Waals surface area contributed by atoms with Gasteiger partial charge in [0.15, 0.2) is 12.1 Å². The zero-order valence-electron chi connectivity index (χ0n) is 13.1. The van der Waals surface area contributed by atoms with Crippen molar-refractivity contribution >= 4 is 29.8 Å².